The first-order chi connectivity index (χ1) is 16.1. The fourth-order valence-electron chi connectivity index (χ4n) is 4.22. The lowest BCUT2D eigenvalue weighted by Crippen LogP contribution is -2.40. The van der Waals surface area contributed by atoms with Crippen molar-refractivity contribution in [3.8, 4) is 29.0 Å². The molecule has 1 aliphatic carbocycles. The third kappa shape index (κ3) is 5.32. The zero-order chi connectivity index (χ0) is 23.2. The minimum atomic E-state index is -0.729. The van der Waals surface area contributed by atoms with Crippen LogP contribution in [0.15, 0.2) is 60.9 Å². The highest BCUT2D eigenvalue weighted by molar-refractivity contribution is 5.64. The highest BCUT2D eigenvalue weighted by Gasteiger charge is 2.29. The van der Waals surface area contributed by atoms with Crippen LogP contribution in [0.3, 0.4) is 0 Å². The summed E-state index contributed by atoms with van der Waals surface area (Å²) < 4.78 is 1.71. The minimum absolute atomic E-state index is 0.163. The molecule has 0 spiro atoms. The summed E-state index contributed by atoms with van der Waals surface area (Å²) in [6.07, 6.45) is 4.76. The summed E-state index contributed by atoms with van der Waals surface area (Å²) in [5.74, 6) is 7.25. The second-order valence-electron chi connectivity index (χ2n) is 8.44. The third-order valence-corrected chi connectivity index (χ3v) is 6.17. The zero-order valence-corrected chi connectivity index (χ0v) is 18.6. The van der Waals surface area contributed by atoms with Crippen molar-refractivity contribution in [2.45, 2.75) is 43.9 Å². The lowest BCUT2D eigenvalue weighted by molar-refractivity contribution is 0.176. The molecule has 2 aromatic carbocycles. The van der Waals surface area contributed by atoms with Gasteiger partial charge in [0.1, 0.15) is 18.0 Å². The van der Waals surface area contributed by atoms with E-state index in [4.69, 9.17) is 5.26 Å². The Kier molecular flexibility index (Phi) is 7.22. The van der Waals surface area contributed by atoms with Gasteiger partial charge >= 0.3 is 0 Å². The number of benzene rings is 2. The normalized spacial score (nSPS) is 19.0. The van der Waals surface area contributed by atoms with Crippen LogP contribution in [0.5, 0.6) is 0 Å². The Bertz CT molecular complexity index is 1160. The Morgan fingerprint density at radius 1 is 1.12 bits per heavy atom. The van der Waals surface area contributed by atoms with Crippen LogP contribution in [-0.4, -0.2) is 39.0 Å². The van der Waals surface area contributed by atoms with Crippen LogP contribution in [-0.2, 0) is 0 Å². The summed E-state index contributed by atoms with van der Waals surface area (Å²) in [5.41, 5.74) is 4.49. The van der Waals surface area contributed by atoms with Gasteiger partial charge in [-0.3, -0.25) is 0 Å². The van der Waals surface area contributed by atoms with E-state index in [0.29, 0.717) is 24.3 Å². The van der Waals surface area contributed by atoms with Gasteiger partial charge in [-0.2, -0.15) is 5.26 Å². The van der Waals surface area contributed by atoms with E-state index >= 15 is 0 Å². The maximum absolute atomic E-state index is 9.84. The predicted octanol–water partition coefficient (Wildman–Crippen LogP) is 3.55. The molecular weight excluding hydrogens is 412 g/mol. The molecule has 6 nitrogen and oxygen atoms in total. The van der Waals surface area contributed by atoms with Crippen molar-refractivity contribution in [3.63, 3.8) is 0 Å². The van der Waals surface area contributed by atoms with E-state index in [9.17, 15) is 10.2 Å². The topological polar surface area (TPSA) is 94.1 Å². The van der Waals surface area contributed by atoms with E-state index in [1.165, 1.54) is 5.56 Å². The SMILES string of the molecule is CC(O)c1nccn1C(C#Cc1ccc(-c2ccc(C3CC(NCC#N)C3)cc2)cc1)CO. The Morgan fingerprint density at radius 2 is 1.79 bits per heavy atom. The average Bonchev–Trinajstić information content (AvgIpc) is 3.30. The van der Waals surface area contributed by atoms with Gasteiger partial charge in [0.05, 0.1) is 19.2 Å². The fourth-order valence-corrected chi connectivity index (χ4v) is 4.22. The van der Waals surface area contributed by atoms with E-state index < -0.39 is 12.1 Å². The Labute approximate surface area is 194 Å². The number of rotatable bonds is 7. The first kappa shape index (κ1) is 22.8. The van der Waals surface area contributed by atoms with Crippen LogP contribution in [0.2, 0.25) is 0 Å². The Balaban J connectivity index is 1.40. The summed E-state index contributed by atoms with van der Waals surface area (Å²) in [6, 6.07) is 18.9. The highest BCUT2D eigenvalue weighted by Crippen LogP contribution is 2.37. The predicted molar refractivity (Wildman–Crippen MR) is 127 cm³/mol. The Hall–Kier alpha value is -3.42. The second-order valence-corrected chi connectivity index (χ2v) is 8.44. The molecule has 2 unspecified atom stereocenters. The maximum atomic E-state index is 9.84. The molecule has 3 N–H and O–H groups in total. The van der Waals surface area contributed by atoms with Gasteiger partial charge in [-0.1, -0.05) is 48.2 Å². The van der Waals surface area contributed by atoms with E-state index in [2.05, 4.69) is 64.6 Å². The first-order valence-electron chi connectivity index (χ1n) is 11.2. The highest BCUT2D eigenvalue weighted by atomic mass is 16.3. The third-order valence-electron chi connectivity index (χ3n) is 6.17. The minimum Gasteiger partial charge on any atom is -0.393 e. The van der Waals surface area contributed by atoms with Gasteiger partial charge < -0.3 is 20.1 Å². The van der Waals surface area contributed by atoms with Crippen LogP contribution in [0, 0.1) is 23.2 Å². The van der Waals surface area contributed by atoms with Crippen LogP contribution >= 0.6 is 0 Å². The average molecular weight is 441 g/mol. The Morgan fingerprint density at radius 3 is 2.39 bits per heavy atom. The summed E-state index contributed by atoms with van der Waals surface area (Å²) in [5, 5.41) is 31.5. The molecule has 0 bridgehead atoms. The molecule has 6 heteroatoms. The van der Waals surface area contributed by atoms with Gasteiger partial charge in [-0.05, 0) is 54.5 Å². The van der Waals surface area contributed by atoms with Gasteiger partial charge in [-0.25, -0.2) is 4.98 Å². The van der Waals surface area contributed by atoms with Crippen molar-refractivity contribution in [3.05, 3.63) is 77.9 Å². The number of aliphatic hydroxyl groups is 2. The number of nitrogens with one attached hydrogen (secondary N) is 1. The monoisotopic (exact) mass is 440 g/mol. The molecule has 33 heavy (non-hydrogen) atoms. The van der Waals surface area contributed by atoms with Crippen molar-refractivity contribution >= 4 is 0 Å². The quantitative estimate of drug-likeness (QED) is 0.386. The van der Waals surface area contributed by atoms with Crippen molar-refractivity contribution < 1.29 is 10.2 Å². The number of imidazole rings is 1. The van der Waals surface area contributed by atoms with Crippen molar-refractivity contribution in [1.29, 1.82) is 5.26 Å². The molecule has 1 heterocycles. The van der Waals surface area contributed by atoms with Crippen molar-refractivity contribution in [2.24, 2.45) is 0 Å². The second kappa shape index (κ2) is 10.5. The van der Waals surface area contributed by atoms with E-state index in [1.54, 1.807) is 23.9 Å². The molecule has 168 valence electrons. The lowest BCUT2D eigenvalue weighted by Gasteiger charge is -2.36. The summed E-state index contributed by atoms with van der Waals surface area (Å²) >= 11 is 0. The van der Waals surface area contributed by atoms with E-state index in [1.807, 2.05) is 12.1 Å². The van der Waals surface area contributed by atoms with Crippen molar-refractivity contribution in [2.75, 3.05) is 13.2 Å². The molecular formula is C27H28N4O2. The molecule has 1 saturated carbocycles. The van der Waals surface area contributed by atoms with Crippen molar-refractivity contribution in [1.82, 2.24) is 14.9 Å². The number of nitrogens with zero attached hydrogens (tertiary/aromatic N) is 3. The molecule has 1 fully saturated rings. The molecule has 0 saturated heterocycles. The molecule has 0 aliphatic heterocycles. The van der Waals surface area contributed by atoms with Gasteiger partial charge in [0.25, 0.3) is 0 Å². The molecule has 2 atom stereocenters. The number of nitriles is 1. The van der Waals surface area contributed by atoms with E-state index in [0.717, 1.165) is 29.5 Å². The standard InChI is InChI=1S/C27H28N4O2/c1-19(33)27-30-14-15-31(27)26(18-32)11-4-20-2-5-21(6-3-20)22-7-9-23(10-8-22)24-16-25(17-24)29-13-12-28/h2-3,5-10,14-15,19,24-26,29,32-33H,13,16-18H2,1H3. The van der Waals surface area contributed by atoms with Gasteiger partial charge in [0, 0.05) is 24.0 Å². The van der Waals surface area contributed by atoms with Crippen LogP contribution < -0.4 is 5.32 Å². The molecule has 4 rings (SSSR count). The van der Waals surface area contributed by atoms with Gasteiger partial charge in [0.2, 0.25) is 0 Å². The fraction of sp³-hybridized carbons (Fsp3) is 0.333. The van der Waals surface area contributed by atoms with Crippen LogP contribution in [0.1, 0.15) is 54.8 Å². The molecule has 1 aliphatic rings. The molecule has 0 amide bonds. The summed E-state index contributed by atoms with van der Waals surface area (Å²) in [6.45, 7) is 1.90. The van der Waals surface area contributed by atoms with Crippen LogP contribution in [0.4, 0.5) is 0 Å². The number of aromatic nitrogens is 2. The zero-order valence-electron chi connectivity index (χ0n) is 18.6. The van der Waals surface area contributed by atoms with E-state index in [-0.39, 0.29) is 6.61 Å². The number of aliphatic hydroxyl groups excluding tert-OH is 2. The number of hydrogen-bond donors (Lipinski definition) is 3. The molecule has 1 aromatic heterocycles. The largest absolute Gasteiger partial charge is 0.393 e. The summed E-state index contributed by atoms with van der Waals surface area (Å²) in [7, 11) is 0. The molecule has 3 aromatic rings. The maximum Gasteiger partial charge on any atom is 0.138 e. The van der Waals surface area contributed by atoms with Gasteiger partial charge in [-0.15, -0.1) is 0 Å². The smallest absolute Gasteiger partial charge is 0.138 e. The summed E-state index contributed by atoms with van der Waals surface area (Å²) in [4.78, 5) is 4.15. The lowest BCUT2D eigenvalue weighted by atomic mass is 9.75. The number of hydrogen-bond acceptors (Lipinski definition) is 5. The first-order valence-corrected chi connectivity index (χ1v) is 11.2. The van der Waals surface area contributed by atoms with Crippen LogP contribution in [0.25, 0.3) is 11.1 Å². The van der Waals surface area contributed by atoms with Gasteiger partial charge in [0.15, 0.2) is 0 Å². The molecule has 0 radical (unpaired) electrons.